The molecule has 0 saturated heterocycles. The predicted molar refractivity (Wildman–Crippen MR) is 144 cm³/mol. The molecule has 0 bridgehead atoms. The molecule has 0 radical (unpaired) electrons. The lowest BCUT2D eigenvalue weighted by Gasteiger charge is -2.30. The van der Waals surface area contributed by atoms with Crippen LogP contribution in [0.1, 0.15) is 28.8 Å². The standard InChI is InChI=1S/C30H30N4O2/c1-21-19-28(26-10-4-5-11-27(26)32-21)33-30(36)29(35)31-17-6-7-22-12-14-25(15-13-22)34-18-16-23-8-2-3-9-24(23)20-34/h2-5,8-15,19H,6-7,16-18,20H2,1H3,(H,31,35)(H,32,33,36). The maximum absolute atomic E-state index is 12.4. The fourth-order valence-corrected chi connectivity index (χ4v) is 4.75. The van der Waals surface area contributed by atoms with Crippen LogP contribution in [-0.2, 0) is 29.0 Å². The number of nitrogens with one attached hydrogen (secondary N) is 2. The average Bonchev–Trinajstić information content (AvgIpc) is 2.91. The van der Waals surface area contributed by atoms with E-state index in [1.807, 2.05) is 31.2 Å². The predicted octanol–water partition coefficient (Wildman–Crippen LogP) is 4.79. The first kappa shape index (κ1) is 23.5. The first-order valence-corrected chi connectivity index (χ1v) is 12.4. The van der Waals surface area contributed by atoms with Crippen molar-refractivity contribution in [2.45, 2.75) is 32.7 Å². The van der Waals surface area contributed by atoms with Gasteiger partial charge in [0, 0.05) is 36.4 Å². The lowest BCUT2D eigenvalue weighted by atomic mass is 9.99. The van der Waals surface area contributed by atoms with Crippen molar-refractivity contribution in [3.8, 4) is 0 Å². The topological polar surface area (TPSA) is 74.3 Å². The molecule has 0 saturated carbocycles. The summed E-state index contributed by atoms with van der Waals surface area (Å²) >= 11 is 0. The number of aromatic nitrogens is 1. The van der Waals surface area contributed by atoms with Gasteiger partial charge in [0.2, 0.25) is 0 Å². The lowest BCUT2D eigenvalue weighted by molar-refractivity contribution is -0.136. The Morgan fingerprint density at radius 1 is 0.917 bits per heavy atom. The number of carbonyl (C=O) groups excluding carboxylic acids is 2. The highest BCUT2D eigenvalue weighted by atomic mass is 16.2. The highest BCUT2D eigenvalue weighted by molar-refractivity contribution is 6.40. The molecular formula is C30H30N4O2. The van der Waals surface area contributed by atoms with Gasteiger partial charge in [-0.05, 0) is 67.1 Å². The Morgan fingerprint density at radius 2 is 1.67 bits per heavy atom. The van der Waals surface area contributed by atoms with Crippen molar-refractivity contribution in [1.29, 1.82) is 0 Å². The van der Waals surface area contributed by atoms with Crippen molar-refractivity contribution in [1.82, 2.24) is 10.3 Å². The van der Waals surface area contributed by atoms with Gasteiger partial charge in [-0.2, -0.15) is 0 Å². The Labute approximate surface area is 211 Å². The average molecular weight is 479 g/mol. The smallest absolute Gasteiger partial charge is 0.313 e. The van der Waals surface area contributed by atoms with Crippen molar-refractivity contribution < 1.29 is 9.59 Å². The third-order valence-corrected chi connectivity index (χ3v) is 6.66. The van der Waals surface area contributed by atoms with Gasteiger partial charge in [-0.1, -0.05) is 54.6 Å². The van der Waals surface area contributed by atoms with E-state index in [-0.39, 0.29) is 0 Å². The summed E-state index contributed by atoms with van der Waals surface area (Å²) in [5.74, 6) is -1.30. The summed E-state index contributed by atoms with van der Waals surface area (Å²) in [7, 11) is 0. The molecule has 2 N–H and O–H groups in total. The molecule has 0 unspecified atom stereocenters. The van der Waals surface area contributed by atoms with Crippen LogP contribution in [0, 0.1) is 6.92 Å². The molecular weight excluding hydrogens is 448 g/mol. The molecule has 0 atom stereocenters. The van der Waals surface area contributed by atoms with Crippen LogP contribution in [0.3, 0.4) is 0 Å². The van der Waals surface area contributed by atoms with E-state index >= 15 is 0 Å². The molecule has 2 heterocycles. The number of aryl methyl sites for hydroxylation is 2. The summed E-state index contributed by atoms with van der Waals surface area (Å²) in [6.45, 7) is 4.27. The van der Waals surface area contributed by atoms with Crippen molar-refractivity contribution >= 4 is 34.1 Å². The molecule has 0 aliphatic carbocycles. The lowest BCUT2D eigenvalue weighted by Crippen LogP contribution is -2.36. The minimum atomic E-state index is -0.668. The zero-order valence-corrected chi connectivity index (χ0v) is 20.5. The number of amides is 2. The van der Waals surface area contributed by atoms with E-state index in [4.69, 9.17) is 0 Å². The minimum Gasteiger partial charge on any atom is -0.367 e. The number of rotatable bonds is 6. The third-order valence-electron chi connectivity index (χ3n) is 6.66. The van der Waals surface area contributed by atoms with Gasteiger partial charge in [-0.25, -0.2) is 0 Å². The van der Waals surface area contributed by atoms with Gasteiger partial charge in [-0.15, -0.1) is 0 Å². The molecule has 182 valence electrons. The maximum atomic E-state index is 12.4. The largest absolute Gasteiger partial charge is 0.367 e. The Morgan fingerprint density at radius 3 is 2.50 bits per heavy atom. The quantitative estimate of drug-likeness (QED) is 0.309. The second kappa shape index (κ2) is 10.6. The molecule has 1 aliphatic heterocycles. The van der Waals surface area contributed by atoms with E-state index in [2.05, 4.69) is 69.0 Å². The van der Waals surface area contributed by atoms with Gasteiger partial charge >= 0.3 is 11.8 Å². The second-order valence-electron chi connectivity index (χ2n) is 9.25. The number of hydrogen-bond donors (Lipinski definition) is 2. The Kier molecular flexibility index (Phi) is 6.94. The molecule has 1 aromatic heterocycles. The van der Waals surface area contributed by atoms with Crippen molar-refractivity contribution in [3.63, 3.8) is 0 Å². The summed E-state index contributed by atoms with van der Waals surface area (Å²) in [4.78, 5) is 31.7. The fraction of sp³-hybridized carbons (Fsp3) is 0.233. The molecule has 2 amide bonds. The van der Waals surface area contributed by atoms with Crippen molar-refractivity contribution in [3.05, 3.63) is 101 Å². The Balaban J connectivity index is 1.09. The molecule has 36 heavy (non-hydrogen) atoms. The second-order valence-corrected chi connectivity index (χ2v) is 9.25. The number of pyridine rings is 1. The van der Waals surface area contributed by atoms with E-state index in [1.54, 1.807) is 6.07 Å². The summed E-state index contributed by atoms with van der Waals surface area (Å²) in [5, 5.41) is 6.27. The SMILES string of the molecule is Cc1cc(NC(=O)C(=O)NCCCc2ccc(N3CCc4ccccc4C3)cc2)c2ccccc2n1. The number of nitrogens with zero attached hydrogens (tertiary/aromatic N) is 2. The third kappa shape index (κ3) is 5.38. The summed E-state index contributed by atoms with van der Waals surface area (Å²) in [5.41, 5.74) is 7.45. The minimum absolute atomic E-state index is 0.438. The Hall–Kier alpha value is -4.19. The monoisotopic (exact) mass is 478 g/mol. The molecule has 6 nitrogen and oxygen atoms in total. The highest BCUT2D eigenvalue weighted by Gasteiger charge is 2.17. The molecule has 4 aromatic rings. The molecule has 0 fully saturated rings. The van der Waals surface area contributed by atoms with Crippen molar-refractivity contribution in [2.24, 2.45) is 0 Å². The summed E-state index contributed by atoms with van der Waals surface area (Å²) < 4.78 is 0. The number of benzene rings is 3. The van der Waals surface area contributed by atoms with Gasteiger partial charge in [0.25, 0.3) is 0 Å². The van der Waals surface area contributed by atoms with E-state index in [0.717, 1.165) is 48.9 Å². The first-order valence-electron chi connectivity index (χ1n) is 12.4. The van der Waals surface area contributed by atoms with E-state index in [0.29, 0.717) is 12.2 Å². The van der Waals surface area contributed by atoms with Gasteiger partial charge < -0.3 is 15.5 Å². The number of para-hydroxylation sites is 1. The molecule has 1 aliphatic rings. The van der Waals surface area contributed by atoms with Crippen LogP contribution in [0.2, 0.25) is 0 Å². The molecule has 3 aromatic carbocycles. The highest BCUT2D eigenvalue weighted by Crippen LogP contribution is 2.25. The Bertz CT molecular complexity index is 1400. The number of anilines is 2. The molecule has 5 rings (SSSR count). The van der Waals surface area contributed by atoms with Crippen LogP contribution < -0.4 is 15.5 Å². The zero-order chi connectivity index (χ0) is 24.9. The normalized spacial score (nSPS) is 12.8. The zero-order valence-electron chi connectivity index (χ0n) is 20.5. The number of fused-ring (bicyclic) bond motifs is 2. The summed E-state index contributed by atoms with van der Waals surface area (Å²) in [6.07, 6.45) is 2.66. The van der Waals surface area contributed by atoms with Crippen molar-refractivity contribution in [2.75, 3.05) is 23.3 Å². The van der Waals surface area contributed by atoms with Crippen LogP contribution in [0.5, 0.6) is 0 Å². The molecule has 0 spiro atoms. The van der Waals surface area contributed by atoms with Gasteiger partial charge in [0.1, 0.15) is 0 Å². The fourth-order valence-electron chi connectivity index (χ4n) is 4.75. The number of carbonyl (C=O) groups is 2. The van der Waals surface area contributed by atoms with Crippen LogP contribution in [-0.4, -0.2) is 29.9 Å². The van der Waals surface area contributed by atoms with E-state index in [1.165, 1.54) is 22.4 Å². The van der Waals surface area contributed by atoms with E-state index < -0.39 is 11.8 Å². The van der Waals surface area contributed by atoms with Gasteiger partial charge in [0.05, 0.1) is 11.2 Å². The van der Waals surface area contributed by atoms with Crippen LogP contribution in [0.4, 0.5) is 11.4 Å². The van der Waals surface area contributed by atoms with Crippen LogP contribution >= 0.6 is 0 Å². The first-order chi connectivity index (χ1) is 17.6. The summed E-state index contributed by atoms with van der Waals surface area (Å²) in [6, 6.07) is 26.6. The number of hydrogen-bond acceptors (Lipinski definition) is 4. The maximum Gasteiger partial charge on any atom is 0.313 e. The van der Waals surface area contributed by atoms with Crippen LogP contribution in [0.15, 0.2) is 78.9 Å². The van der Waals surface area contributed by atoms with Crippen LogP contribution in [0.25, 0.3) is 10.9 Å². The van der Waals surface area contributed by atoms with Gasteiger partial charge in [-0.3, -0.25) is 14.6 Å². The van der Waals surface area contributed by atoms with Gasteiger partial charge in [0.15, 0.2) is 0 Å². The van der Waals surface area contributed by atoms with E-state index in [9.17, 15) is 9.59 Å². The molecule has 6 heteroatoms.